The Morgan fingerprint density at radius 1 is 1.18 bits per heavy atom. The Balaban J connectivity index is 3.71. The third kappa shape index (κ3) is 8.73. The van der Waals surface area contributed by atoms with E-state index in [2.05, 4.69) is 20.1 Å². The van der Waals surface area contributed by atoms with E-state index in [1.807, 2.05) is 13.0 Å². The van der Waals surface area contributed by atoms with Crippen LogP contribution in [0.25, 0.3) is 0 Å². The van der Waals surface area contributed by atoms with Gasteiger partial charge in [0, 0.05) is 6.42 Å². The SMILES string of the molecule is C=CCCCCC(C)C(C)OC(=O)CCC=C. The predicted octanol–water partition coefficient (Wildman–Crippen LogP) is 4.27. The van der Waals surface area contributed by atoms with E-state index in [1.165, 1.54) is 12.8 Å². The first kappa shape index (κ1) is 16.0. The molecule has 0 spiro atoms. The molecule has 17 heavy (non-hydrogen) atoms. The van der Waals surface area contributed by atoms with E-state index >= 15 is 0 Å². The third-order valence-electron chi connectivity index (χ3n) is 2.99. The first-order valence-electron chi connectivity index (χ1n) is 6.53. The molecule has 2 atom stereocenters. The lowest BCUT2D eigenvalue weighted by atomic mass is 9.98. The molecule has 2 heteroatoms. The summed E-state index contributed by atoms with van der Waals surface area (Å²) in [6.45, 7) is 11.4. The van der Waals surface area contributed by atoms with Gasteiger partial charge >= 0.3 is 5.97 Å². The molecule has 0 radical (unpaired) electrons. The summed E-state index contributed by atoms with van der Waals surface area (Å²) >= 11 is 0. The Hall–Kier alpha value is -1.05. The lowest BCUT2D eigenvalue weighted by Gasteiger charge is -2.20. The normalized spacial score (nSPS) is 13.8. The second-order valence-electron chi connectivity index (χ2n) is 4.57. The van der Waals surface area contributed by atoms with Crippen LogP contribution in [-0.4, -0.2) is 12.1 Å². The molecule has 0 aliphatic rings. The number of rotatable bonds is 10. The number of unbranched alkanes of at least 4 members (excludes halogenated alkanes) is 2. The minimum atomic E-state index is -0.115. The average molecular weight is 238 g/mol. The smallest absolute Gasteiger partial charge is 0.306 e. The van der Waals surface area contributed by atoms with Crippen LogP contribution in [0.5, 0.6) is 0 Å². The monoisotopic (exact) mass is 238 g/mol. The maximum Gasteiger partial charge on any atom is 0.306 e. The van der Waals surface area contributed by atoms with Crippen LogP contribution in [0.15, 0.2) is 25.3 Å². The second-order valence-corrected chi connectivity index (χ2v) is 4.57. The molecule has 0 fully saturated rings. The number of allylic oxidation sites excluding steroid dienone is 2. The molecular weight excluding hydrogens is 212 g/mol. The molecule has 0 aromatic rings. The number of hydrogen-bond donors (Lipinski definition) is 0. The Bertz CT molecular complexity index is 233. The summed E-state index contributed by atoms with van der Waals surface area (Å²) in [6, 6.07) is 0. The van der Waals surface area contributed by atoms with Gasteiger partial charge in [-0.05, 0) is 38.5 Å². The van der Waals surface area contributed by atoms with Gasteiger partial charge in [0.05, 0.1) is 0 Å². The Labute approximate surface area is 106 Å². The number of hydrogen-bond acceptors (Lipinski definition) is 2. The molecule has 0 saturated heterocycles. The Morgan fingerprint density at radius 2 is 1.82 bits per heavy atom. The van der Waals surface area contributed by atoms with Gasteiger partial charge in [-0.15, -0.1) is 13.2 Å². The fraction of sp³-hybridized carbons (Fsp3) is 0.667. The van der Waals surface area contributed by atoms with Crippen LogP contribution in [-0.2, 0) is 9.53 Å². The summed E-state index contributed by atoms with van der Waals surface area (Å²) in [4.78, 5) is 11.4. The third-order valence-corrected chi connectivity index (χ3v) is 2.99. The fourth-order valence-electron chi connectivity index (χ4n) is 1.59. The summed E-state index contributed by atoms with van der Waals surface area (Å²) in [7, 11) is 0. The first-order chi connectivity index (χ1) is 8.11. The van der Waals surface area contributed by atoms with Gasteiger partial charge in [0.1, 0.15) is 6.10 Å². The van der Waals surface area contributed by atoms with E-state index < -0.39 is 0 Å². The molecule has 0 aliphatic carbocycles. The molecule has 2 nitrogen and oxygen atoms in total. The lowest BCUT2D eigenvalue weighted by molar-refractivity contribution is -0.150. The molecule has 0 N–H and O–H groups in total. The molecule has 0 aromatic heterocycles. The van der Waals surface area contributed by atoms with Crippen molar-refractivity contribution in [1.29, 1.82) is 0 Å². The summed E-state index contributed by atoms with van der Waals surface area (Å²) in [5, 5.41) is 0. The van der Waals surface area contributed by atoms with Crippen LogP contribution in [0.1, 0.15) is 52.4 Å². The van der Waals surface area contributed by atoms with E-state index in [0.29, 0.717) is 18.8 Å². The van der Waals surface area contributed by atoms with Crippen LogP contribution in [0.4, 0.5) is 0 Å². The largest absolute Gasteiger partial charge is 0.462 e. The van der Waals surface area contributed by atoms with Gasteiger partial charge in [-0.25, -0.2) is 0 Å². The van der Waals surface area contributed by atoms with Crippen molar-refractivity contribution < 1.29 is 9.53 Å². The molecule has 98 valence electrons. The van der Waals surface area contributed by atoms with Gasteiger partial charge in [-0.2, -0.15) is 0 Å². The number of ether oxygens (including phenoxy) is 1. The van der Waals surface area contributed by atoms with Crippen LogP contribution in [0, 0.1) is 5.92 Å². The average Bonchev–Trinajstić information content (AvgIpc) is 2.31. The second kappa shape index (κ2) is 10.1. The van der Waals surface area contributed by atoms with Crippen LogP contribution in [0.2, 0.25) is 0 Å². The van der Waals surface area contributed by atoms with Crippen molar-refractivity contribution in [3.8, 4) is 0 Å². The number of carbonyl (C=O) groups excluding carboxylic acids is 1. The summed E-state index contributed by atoms with van der Waals surface area (Å²) in [5.41, 5.74) is 0. The lowest BCUT2D eigenvalue weighted by Crippen LogP contribution is -2.22. The Morgan fingerprint density at radius 3 is 2.41 bits per heavy atom. The highest BCUT2D eigenvalue weighted by molar-refractivity contribution is 5.69. The van der Waals surface area contributed by atoms with Gasteiger partial charge in [0.2, 0.25) is 0 Å². The first-order valence-corrected chi connectivity index (χ1v) is 6.53. The number of esters is 1. The maximum absolute atomic E-state index is 11.4. The highest BCUT2D eigenvalue weighted by Gasteiger charge is 2.15. The summed E-state index contributed by atoms with van der Waals surface area (Å²) in [5.74, 6) is 0.308. The summed E-state index contributed by atoms with van der Waals surface area (Å²) in [6.07, 6.45) is 9.34. The van der Waals surface area contributed by atoms with Crippen molar-refractivity contribution in [3.05, 3.63) is 25.3 Å². The van der Waals surface area contributed by atoms with E-state index in [0.717, 1.165) is 12.8 Å². The zero-order valence-electron chi connectivity index (χ0n) is 11.3. The van der Waals surface area contributed by atoms with E-state index in [9.17, 15) is 4.79 Å². The molecule has 2 unspecified atom stereocenters. The van der Waals surface area contributed by atoms with Gasteiger partial charge in [-0.3, -0.25) is 4.79 Å². The molecule has 0 amide bonds. The highest BCUT2D eigenvalue weighted by Crippen LogP contribution is 2.16. The molecule has 0 aliphatic heterocycles. The maximum atomic E-state index is 11.4. The van der Waals surface area contributed by atoms with Crippen LogP contribution >= 0.6 is 0 Å². The van der Waals surface area contributed by atoms with Gasteiger partial charge < -0.3 is 4.74 Å². The number of carbonyl (C=O) groups is 1. The van der Waals surface area contributed by atoms with Crippen molar-refractivity contribution in [1.82, 2.24) is 0 Å². The van der Waals surface area contributed by atoms with Crippen molar-refractivity contribution in [2.75, 3.05) is 0 Å². The standard InChI is InChI=1S/C15H26O2/c1-5-7-9-10-11-13(3)14(4)17-15(16)12-8-6-2/h5-6,13-14H,1-2,7-12H2,3-4H3. The zero-order chi connectivity index (χ0) is 13.1. The van der Waals surface area contributed by atoms with Gasteiger partial charge in [0.15, 0.2) is 0 Å². The van der Waals surface area contributed by atoms with E-state index in [4.69, 9.17) is 4.74 Å². The quantitative estimate of drug-likeness (QED) is 0.323. The molecule has 0 aromatic carbocycles. The minimum absolute atomic E-state index is 0.0102. The molecule has 0 rings (SSSR count). The van der Waals surface area contributed by atoms with Crippen LogP contribution in [0.3, 0.4) is 0 Å². The van der Waals surface area contributed by atoms with Crippen molar-refractivity contribution in [2.45, 2.75) is 58.5 Å². The van der Waals surface area contributed by atoms with Gasteiger partial charge in [-0.1, -0.05) is 25.5 Å². The topological polar surface area (TPSA) is 26.3 Å². The van der Waals surface area contributed by atoms with Crippen molar-refractivity contribution >= 4 is 5.97 Å². The Kier molecular flexibility index (Phi) is 9.50. The van der Waals surface area contributed by atoms with E-state index in [-0.39, 0.29) is 12.1 Å². The van der Waals surface area contributed by atoms with Crippen molar-refractivity contribution in [2.24, 2.45) is 5.92 Å². The van der Waals surface area contributed by atoms with Crippen molar-refractivity contribution in [3.63, 3.8) is 0 Å². The predicted molar refractivity (Wildman–Crippen MR) is 72.8 cm³/mol. The molecule has 0 heterocycles. The fourth-order valence-corrected chi connectivity index (χ4v) is 1.59. The highest BCUT2D eigenvalue weighted by atomic mass is 16.5. The zero-order valence-corrected chi connectivity index (χ0v) is 11.3. The molecule has 0 bridgehead atoms. The van der Waals surface area contributed by atoms with E-state index in [1.54, 1.807) is 6.08 Å². The molecular formula is C15H26O2. The minimum Gasteiger partial charge on any atom is -0.462 e. The summed E-state index contributed by atoms with van der Waals surface area (Å²) < 4.78 is 5.36. The molecule has 0 saturated carbocycles. The van der Waals surface area contributed by atoms with Crippen LogP contribution < -0.4 is 0 Å². The van der Waals surface area contributed by atoms with Gasteiger partial charge in [0.25, 0.3) is 0 Å².